The molecule has 2 aromatic carbocycles. The summed E-state index contributed by atoms with van der Waals surface area (Å²) in [5.74, 6) is 0.248. The van der Waals surface area contributed by atoms with Crippen molar-refractivity contribution in [2.75, 3.05) is 13.1 Å². The van der Waals surface area contributed by atoms with E-state index in [9.17, 15) is 13.2 Å². The Hall–Kier alpha value is -2.00. The summed E-state index contributed by atoms with van der Waals surface area (Å²) in [6.45, 7) is 9.86. The number of benzene rings is 2. The molecule has 0 N–H and O–H groups in total. The third-order valence-electron chi connectivity index (χ3n) is 6.02. The molecule has 1 aliphatic rings. The van der Waals surface area contributed by atoms with Gasteiger partial charge >= 0.3 is 0 Å². The van der Waals surface area contributed by atoms with E-state index in [1.807, 2.05) is 30.5 Å². The third-order valence-corrected chi connectivity index (χ3v) is 9.11. The van der Waals surface area contributed by atoms with Gasteiger partial charge in [0.1, 0.15) is 0 Å². The fourth-order valence-corrected chi connectivity index (χ4v) is 7.85. The number of amides is 1. The summed E-state index contributed by atoms with van der Waals surface area (Å²) in [6.07, 6.45) is 1.03. The number of rotatable bonds is 4. The van der Waals surface area contributed by atoms with E-state index in [0.29, 0.717) is 46.9 Å². The van der Waals surface area contributed by atoms with Gasteiger partial charge in [0.15, 0.2) is 4.80 Å². The second-order valence-electron chi connectivity index (χ2n) is 8.91. The molecule has 1 fully saturated rings. The van der Waals surface area contributed by atoms with Crippen LogP contribution < -0.4 is 4.80 Å². The Labute approximate surface area is 203 Å². The molecular formula is C24H28ClN3O3S2. The molecule has 2 atom stereocenters. The van der Waals surface area contributed by atoms with E-state index in [4.69, 9.17) is 11.6 Å². The average molecular weight is 506 g/mol. The van der Waals surface area contributed by atoms with E-state index in [1.165, 1.54) is 23.5 Å². The lowest BCUT2D eigenvalue weighted by Gasteiger charge is -2.34. The maximum atomic E-state index is 13.1. The highest BCUT2D eigenvalue weighted by Crippen LogP contribution is 2.28. The minimum Gasteiger partial charge on any atom is -0.316 e. The van der Waals surface area contributed by atoms with Crippen LogP contribution in [0.25, 0.3) is 10.2 Å². The molecule has 33 heavy (non-hydrogen) atoms. The van der Waals surface area contributed by atoms with Gasteiger partial charge in [0, 0.05) is 30.2 Å². The second kappa shape index (κ2) is 9.33. The van der Waals surface area contributed by atoms with Gasteiger partial charge in [-0.1, -0.05) is 36.8 Å². The zero-order valence-corrected chi connectivity index (χ0v) is 21.6. The molecule has 1 aliphatic heterocycles. The van der Waals surface area contributed by atoms with Gasteiger partial charge in [-0.3, -0.25) is 4.79 Å². The Morgan fingerprint density at radius 1 is 1.15 bits per heavy atom. The summed E-state index contributed by atoms with van der Waals surface area (Å²) in [6, 6.07) is 9.88. The van der Waals surface area contributed by atoms with Crippen LogP contribution in [0.2, 0.25) is 5.02 Å². The number of carbonyl (C=O) groups is 1. The maximum Gasteiger partial charge on any atom is 0.279 e. The Morgan fingerprint density at radius 2 is 1.79 bits per heavy atom. The lowest BCUT2D eigenvalue weighted by Crippen LogP contribution is -2.42. The van der Waals surface area contributed by atoms with Crippen molar-refractivity contribution in [3.05, 3.63) is 57.3 Å². The van der Waals surface area contributed by atoms with Crippen molar-refractivity contribution >= 4 is 49.1 Å². The largest absolute Gasteiger partial charge is 0.316 e. The standard InChI is InChI=1S/C24H28ClN3O3S2/c1-5-28-22-17(4)11-19(25)12-21(22)32-24(28)26-23(29)18-6-8-20(9-7-18)33(30,31)27-13-15(2)10-16(3)14-27/h6-9,11-12,15-16H,5,10,13-14H2,1-4H3. The van der Waals surface area contributed by atoms with E-state index in [0.717, 1.165) is 22.2 Å². The summed E-state index contributed by atoms with van der Waals surface area (Å²) in [4.78, 5) is 18.0. The lowest BCUT2D eigenvalue weighted by molar-refractivity contribution is 0.0997. The lowest BCUT2D eigenvalue weighted by atomic mass is 9.94. The summed E-state index contributed by atoms with van der Waals surface area (Å²) in [5, 5.41) is 0.650. The smallest absolute Gasteiger partial charge is 0.279 e. The molecule has 0 radical (unpaired) electrons. The predicted molar refractivity (Wildman–Crippen MR) is 133 cm³/mol. The fraction of sp³-hybridized carbons (Fsp3) is 0.417. The molecule has 1 aromatic heterocycles. The second-order valence-corrected chi connectivity index (χ2v) is 12.3. The van der Waals surface area contributed by atoms with Crippen LogP contribution in [0, 0.1) is 18.8 Å². The Kier molecular flexibility index (Phi) is 6.82. The van der Waals surface area contributed by atoms with Gasteiger partial charge in [0.2, 0.25) is 10.0 Å². The van der Waals surface area contributed by atoms with Gasteiger partial charge in [-0.05, 0) is 74.1 Å². The van der Waals surface area contributed by atoms with E-state index in [-0.39, 0.29) is 4.90 Å². The number of piperidine rings is 1. The highest BCUT2D eigenvalue weighted by atomic mass is 35.5. The number of hydrogen-bond donors (Lipinski definition) is 0. The molecule has 1 amide bonds. The number of hydrogen-bond acceptors (Lipinski definition) is 4. The first-order valence-corrected chi connectivity index (χ1v) is 13.7. The molecule has 6 nitrogen and oxygen atoms in total. The maximum absolute atomic E-state index is 13.1. The monoisotopic (exact) mass is 505 g/mol. The van der Waals surface area contributed by atoms with Crippen molar-refractivity contribution in [2.45, 2.75) is 45.6 Å². The topological polar surface area (TPSA) is 71.7 Å². The average Bonchev–Trinajstić information content (AvgIpc) is 3.10. The van der Waals surface area contributed by atoms with Crippen molar-refractivity contribution in [3.8, 4) is 0 Å². The Bertz CT molecular complexity index is 1360. The Balaban J connectivity index is 1.64. The number of fused-ring (bicyclic) bond motifs is 1. The van der Waals surface area contributed by atoms with Crippen molar-refractivity contribution < 1.29 is 13.2 Å². The van der Waals surface area contributed by atoms with E-state index in [2.05, 4.69) is 18.8 Å². The SMILES string of the molecule is CCn1c(=NC(=O)c2ccc(S(=O)(=O)N3CC(C)CC(C)C3)cc2)sc2cc(Cl)cc(C)c21. The minimum absolute atomic E-state index is 0.205. The third kappa shape index (κ3) is 4.80. The quantitative estimate of drug-likeness (QED) is 0.495. The summed E-state index contributed by atoms with van der Waals surface area (Å²) in [5.41, 5.74) is 2.40. The molecule has 0 spiro atoms. The van der Waals surface area contributed by atoms with Crippen LogP contribution >= 0.6 is 22.9 Å². The summed E-state index contributed by atoms with van der Waals surface area (Å²) >= 11 is 7.62. The number of thiazole rings is 1. The molecule has 0 saturated carbocycles. The van der Waals surface area contributed by atoms with Crippen molar-refractivity contribution in [1.29, 1.82) is 0 Å². The van der Waals surface area contributed by atoms with Crippen molar-refractivity contribution in [3.63, 3.8) is 0 Å². The van der Waals surface area contributed by atoms with Crippen LogP contribution in [0.4, 0.5) is 0 Å². The number of aryl methyl sites for hydroxylation is 2. The number of nitrogens with zero attached hydrogens (tertiary/aromatic N) is 3. The first kappa shape index (κ1) is 24.1. The number of sulfonamides is 1. The zero-order valence-electron chi connectivity index (χ0n) is 19.2. The molecular weight excluding hydrogens is 478 g/mol. The van der Waals surface area contributed by atoms with Crippen LogP contribution in [0.3, 0.4) is 0 Å². The minimum atomic E-state index is -3.59. The molecule has 0 bridgehead atoms. The molecule has 176 valence electrons. The van der Waals surface area contributed by atoms with Crippen LogP contribution in [0.15, 0.2) is 46.3 Å². The van der Waals surface area contributed by atoms with Crippen LogP contribution in [0.1, 0.15) is 43.1 Å². The van der Waals surface area contributed by atoms with E-state index in [1.54, 1.807) is 16.4 Å². The molecule has 0 aliphatic carbocycles. The molecule has 3 aromatic rings. The first-order chi connectivity index (χ1) is 15.6. The number of halogens is 1. The predicted octanol–water partition coefficient (Wildman–Crippen LogP) is 5.09. The van der Waals surface area contributed by atoms with Gasteiger partial charge in [-0.15, -0.1) is 0 Å². The fourth-order valence-electron chi connectivity index (χ4n) is 4.63. The molecule has 4 rings (SSSR count). The van der Waals surface area contributed by atoms with Crippen LogP contribution in [0.5, 0.6) is 0 Å². The first-order valence-electron chi connectivity index (χ1n) is 11.1. The van der Waals surface area contributed by atoms with Crippen LogP contribution in [-0.2, 0) is 16.6 Å². The van der Waals surface area contributed by atoms with Gasteiger partial charge in [0.25, 0.3) is 5.91 Å². The normalized spacial score (nSPS) is 20.5. The molecule has 9 heteroatoms. The van der Waals surface area contributed by atoms with E-state index < -0.39 is 15.9 Å². The van der Waals surface area contributed by atoms with Gasteiger partial charge < -0.3 is 4.57 Å². The van der Waals surface area contributed by atoms with Crippen LogP contribution in [-0.4, -0.2) is 36.3 Å². The molecule has 1 saturated heterocycles. The highest BCUT2D eigenvalue weighted by molar-refractivity contribution is 7.89. The van der Waals surface area contributed by atoms with Gasteiger partial charge in [0.05, 0.1) is 15.1 Å². The van der Waals surface area contributed by atoms with Gasteiger partial charge in [-0.25, -0.2) is 8.42 Å². The highest BCUT2D eigenvalue weighted by Gasteiger charge is 2.31. The summed E-state index contributed by atoms with van der Waals surface area (Å²) < 4.78 is 30.7. The Morgan fingerprint density at radius 3 is 2.39 bits per heavy atom. The van der Waals surface area contributed by atoms with E-state index >= 15 is 0 Å². The van der Waals surface area contributed by atoms with Crippen molar-refractivity contribution in [1.82, 2.24) is 8.87 Å². The summed E-state index contributed by atoms with van der Waals surface area (Å²) in [7, 11) is -3.59. The molecule has 2 heterocycles. The molecule has 2 unspecified atom stereocenters. The number of carbonyl (C=O) groups excluding carboxylic acids is 1. The zero-order chi connectivity index (χ0) is 23.9. The number of aromatic nitrogens is 1. The van der Waals surface area contributed by atoms with Gasteiger partial charge in [-0.2, -0.15) is 9.30 Å². The van der Waals surface area contributed by atoms with Crippen molar-refractivity contribution in [2.24, 2.45) is 16.8 Å².